The van der Waals surface area contributed by atoms with Crippen molar-refractivity contribution in [1.82, 2.24) is 10.3 Å². The molecule has 3 saturated carbocycles. The van der Waals surface area contributed by atoms with E-state index in [9.17, 15) is 0 Å². The highest BCUT2D eigenvalue weighted by atomic mass is 35.5. The Kier molecular flexibility index (Phi) is 3.82. The molecule has 124 valence electrons. The van der Waals surface area contributed by atoms with Gasteiger partial charge in [0.1, 0.15) is 11.1 Å². The van der Waals surface area contributed by atoms with Crippen molar-refractivity contribution in [3.63, 3.8) is 0 Å². The summed E-state index contributed by atoms with van der Waals surface area (Å²) in [4.78, 5) is 5.49. The minimum absolute atomic E-state index is 0.536. The molecule has 0 amide bonds. The monoisotopic (exact) mass is 350 g/mol. The maximum Gasteiger partial charge on any atom is 0.238 e. The fraction of sp³-hybridized carbons (Fsp3) is 0.611. The first kappa shape index (κ1) is 15.7. The molecular weight excluding hydrogens is 328 g/mol. The molecule has 3 aliphatic carbocycles. The molecule has 5 heteroatoms. The third-order valence-corrected chi connectivity index (χ3v) is 7.59. The van der Waals surface area contributed by atoms with Gasteiger partial charge in [-0.1, -0.05) is 32.4 Å². The molecule has 4 atom stereocenters. The molecule has 3 fully saturated rings. The van der Waals surface area contributed by atoms with E-state index in [0.717, 1.165) is 34.9 Å². The van der Waals surface area contributed by atoms with Gasteiger partial charge in [0.25, 0.3) is 0 Å². The molecule has 3 nitrogen and oxygen atoms in total. The molecule has 2 bridgehead atoms. The molecule has 0 saturated heterocycles. The number of thiophene rings is 1. The van der Waals surface area contributed by atoms with Crippen molar-refractivity contribution in [2.45, 2.75) is 46.2 Å². The normalized spacial score (nSPS) is 31.8. The van der Waals surface area contributed by atoms with Crippen LogP contribution in [0.2, 0.25) is 5.02 Å². The Hall–Kier alpha value is -0.840. The number of aromatic nitrogens is 1. The summed E-state index contributed by atoms with van der Waals surface area (Å²) in [5.41, 5.74) is 1.49. The average Bonchev–Trinajstić information content (AvgIpc) is 3.14. The zero-order valence-corrected chi connectivity index (χ0v) is 15.4. The molecule has 1 N–H and O–H groups in total. The lowest BCUT2D eigenvalue weighted by Crippen LogP contribution is -2.59. The van der Waals surface area contributed by atoms with E-state index in [0.29, 0.717) is 22.4 Å². The summed E-state index contributed by atoms with van der Waals surface area (Å²) in [6, 6.07) is 2.47. The van der Waals surface area contributed by atoms with Gasteiger partial charge in [-0.25, -0.2) is 4.98 Å². The zero-order chi connectivity index (χ0) is 16.2. The number of fused-ring (bicyclic) bond motifs is 2. The summed E-state index contributed by atoms with van der Waals surface area (Å²) in [6.07, 6.45) is 4.44. The van der Waals surface area contributed by atoms with Gasteiger partial charge in [0, 0.05) is 12.6 Å². The van der Waals surface area contributed by atoms with E-state index in [4.69, 9.17) is 16.0 Å². The van der Waals surface area contributed by atoms with Gasteiger partial charge in [-0.15, -0.1) is 11.3 Å². The second-order valence-electron chi connectivity index (χ2n) is 7.68. The third-order valence-electron chi connectivity index (χ3n) is 6.26. The van der Waals surface area contributed by atoms with Gasteiger partial charge in [0.2, 0.25) is 5.89 Å². The maximum absolute atomic E-state index is 6.14. The largest absolute Gasteiger partial charge is 0.443 e. The van der Waals surface area contributed by atoms with E-state index in [1.165, 1.54) is 12.8 Å². The Balaban J connectivity index is 1.39. The standard InChI is InChI=1S/C18H23ClN2OS/c1-10-13-6-11(18(13,2)3)7-15(10)20-8-12-9-22-17(21-12)16-14(19)4-5-23-16/h4-5,9-11,13,15,20H,6-8H2,1-3H3/t10-,11+,13-,15-/m1/s1. The Labute approximate surface area is 146 Å². The van der Waals surface area contributed by atoms with E-state index in [1.54, 1.807) is 17.6 Å². The number of nitrogens with one attached hydrogen (secondary N) is 1. The Morgan fingerprint density at radius 1 is 1.43 bits per heavy atom. The lowest BCUT2D eigenvalue weighted by atomic mass is 9.45. The first-order valence-electron chi connectivity index (χ1n) is 8.38. The van der Waals surface area contributed by atoms with Crippen LogP contribution >= 0.6 is 22.9 Å². The lowest BCUT2D eigenvalue weighted by molar-refractivity contribution is -0.115. The average molecular weight is 351 g/mol. The molecule has 2 aromatic rings. The highest BCUT2D eigenvalue weighted by molar-refractivity contribution is 7.14. The summed E-state index contributed by atoms with van der Waals surface area (Å²) in [5, 5.41) is 6.37. The van der Waals surface area contributed by atoms with Gasteiger partial charge >= 0.3 is 0 Å². The molecule has 5 rings (SSSR count). The minimum Gasteiger partial charge on any atom is -0.443 e. The lowest BCUT2D eigenvalue weighted by Gasteiger charge is -2.62. The van der Waals surface area contributed by atoms with E-state index >= 15 is 0 Å². The first-order chi connectivity index (χ1) is 11.0. The molecule has 0 aromatic carbocycles. The van der Waals surface area contributed by atoms with Crippen molar-refractivity contribution >= 4 is 22.9 Å². The predicted molar refractivity (Wildman–Crippen MR) is 94.6 cm³/mol. The number of nitrogens with zero attached hydrogens (tertiary/aromatic N) is 1. The smallest absolute Gasteiger partial charge is 0.238 e. The van der Waals surface area contributed by atoms with Crippen LogP contribution in [0.3, 0.4) is 0 Å². The van der Waals surface area contributed by atoms with Crippen LogP contribution in [0, 0.1) is 23.2 Å². The molecule has 3 aliphatic rings. The first-order valence-corrected chi connectivity index (χ1v) is 9.63. The number of halogens is 1. The van der Waals surface area contributed by atoms with Crippen LogP contribution in [0.4, 0.5) is 0 Å². The van der Waals surface area contributed by atoms with Crippen molar-refractivity contribution in [3.05, 3.63) is 28.4 Å². The Morgan fingerprint density at radius 3 is 2.91 bits per heavy atom. The number of hydrogen-bond donors (Lipinski definition) is 1. The summed E-state index contributed by atoms with van der Waals surface area (Å²) < 4.78 is 5.59. The van der Waals surface area contributed by atoms with Crippen molar-refractivity contribution in [3.8, 4) is 10.8 Å². The maximum atomic E-state index is 6.14. The fourth-order valence-electron chi connectivity index (χ4n) is 4.59. The van der Waals surface area contributed by atoms with Gasteiger partial charge in [0.15, 0.2) is 0 Å². The van der Waals surface area contributed by atoms with Gasteiger partial charge in [-0.3, -0.25) is 0 Å². The quantitative estimate of drug-likeness (QED) is 0.821. The number of oxazole rings is 1. The SMILES string of the molecule is C[C@@H]1[C@H]2C[C@@H](C[C@H]1NCc1coc(-c3sccc3Cl)n1)C2(C)C. The second kappa shape index (κ2) is 5.61. The summed E-state index contributed by atoms with van der Waals surface area (Å²) in [5.74, 6) is 3.09. The van der Waals surface area contributed by atoms with Crippen LogP contribution in [0.15, 0.2) is 22.1 Å². The van der Waals surface area contributed by atoms with Crippen LogP contribution in [-0.2, 0) is 6.54 Å². The molecule has 0 unspecified atom stereocenters. The van der Waals surface area contributed by atoms with Crippen molar-refractivity contribution in [2.24, 2.45) is 23.2 Å². The van der Waals surface area contributed by atoms with E-state index < -0.39 is 0 Å². The predicted octanol–water partition coefficient (Wildman–Crippen LogP) is 5.22. The Bertz CT molecular complexity index is 707. The van der Waals surface area contributed by atoms with Crippen molar-refractivity contribution in [2.75, 3.05) is 0 Å². The van der Waals surface area contributed by atoms with E-state index in [2.05, 4.69) is 31.1 Å². The molecule has 0 aliphatic heterocycles. The molecular formula is C18H23ClN2OS. The van der Waals surface area contributed by atoms with Crippen molar-refractivity contribution in [1.29, 1.82) is 0 Å². The summed E-state index contributed by atoms with van der Waals surface area (Å²) in [6.45, 7) is 8.04. The van der Waals surface area contributed by atoms with Gasteiger partial charge in [-0.05, 0) is 47.5 Å². The summed E-state index contributed by atoms with van der Waals surface area (Å²) in [7, 11) is 0. The molecule has 2 aromatic heterocycles. The van der Waals surface area contributed by atoms with Gasteiger partial charge < -0.3 is 9.73 Å². The molecule has 2 heterocycles. The van der Waals surface area contributed by atoms with Gasteiger partial charge in [0.05, 0.1) is 10.7 Å². The fourth-order valence-corrected chi connectivity index (χ4v) is 5.66. The van der Waals surface area contributed by atoms with Crippen molar-refractivity contribution < 1.29 is 4.42 Å². The number of hydrogen-bond acceptors (Lipinski definition) is 4. The second-order valence-corrected chi connectivity index (χ2v) is 9.01. The van der Waals surface area contributed by atoms with Crippen LogP contribution in [0.5, 0.6) is 0 Å². The van der Waals surface area contributed by atoms with Crippen LogP contribution < -0.4 is 5.32 Å². The Morgan fingerprint density at radius 2 is 2.26 bits per heavy atom. The van der Waals surface area contributed by atoms with Crippen LogP contribution in [0.25, 0.3) is 10.8 Å². The zero-order valence-electron chi connectivity index (χ0n) is 13.8. The molecule has 0 spiro atoms. The highest BCUT2D eigenvalue weighted by Gasteiger charge is 2.55. The van der Waals surface area contributed by atoms with Crippen LogP contribution in [-0.4, -0.2) is 11.0 Å². The topological polar surface area (TPSA) is 38.1 Å². The van der Waals surface area contributed by atoms with Gasteiger partial charge in [-0.2, -0.15) is 0 Å². The van der Waals surface area contributed by atoms with E-state index in [-0.39, 0.29) is 0 Å². The number of rotatable bonds is 4. The third kappa shape index (κ3) is 2.55. The van der Waals surface area contributed by atoms with Crippen LogP contribution in [0.1, 0.15) is 39.3 Å². The van der Waals surface area contributed by atoms with E-state index in [1.807, 2.05) is 11.4 Å². The highest BCUT2D eigenvalue weighted by Crippen LogP contribution is 2.61. The summed E-state index contributed by atoms with van der Waals surface area (Å²) >= 11 is 7.70. The molecule has 0 radical (unpaired) electrons. The molecule has 23 heavy (non-hydrogen) atoms. The minimum atomic E-state index is 0.536.